The van der Waals surface area contributed by atoms with Gasteiger partial charge in [-0.1, -0.05) is 42.4 Å². The molecule has 0 atom stereocenters. The predicted molar refractivity (Wildman–Crippen MR) is 158 cm³/mol. The summed E-state index contributed by atoms with van der Waals surface area (Å²) in [6.45, 7) is 7.52. The SMILES string of the molecule is C=CC(=O)N1CCN(c2nc(NCCC(=O)OCC)nc3c(F)c(-c4cc(O)cc5ccccc45)c(Cl)cc23)CC1. The summed E-state index contributed by atoms with van der Waals surface area (Å²) in [5, 5.41) is 15.4. The molecule has 9 nitrogen and oxygen atoms in total. The normalized spacial score (nSPS) is 13.4. The van der Waals surface area contributed by atoms with Crippen molar-refractivity contribution >= 4 is 56.9 Å². The molecule has 212 valence electrons. The molecule has 0 saturated carbocycles. The van der Waals surface area contributed by atoms with Gasteiger partial charge in [0.2, 0.25) is 11.9 Å². The fraction of sp³-hybridized carbons (Fsp3) is 0.267. The Balaban J connectivity index is 1.62. The van der Waals surface area contributed by atoms with Crippen LogP contribution in [-0.2, 0) is 14.3 Å². The number of aromatic hydroxyl groups is 1. The number of amides is 1. The van der Waals surface area contributed by atoms with Crippen molar-refractivity contribution in [2.24, 2.45) is 0 Å². The maximum absolute atomic E-state index is 16.5. The number of anilines is 2. The number of nitrogens with zero attached hydrogens (tertiary/aromatic N) is 4. The van der Waals surface area contributed by atoms with E-state index in [9.17, 15) is 14.7 Å². The van der Waals surface area contributed by atoms with Crippen LogP contribution in [0, 0.1) is 5.82 Å². The summed E-state index contributed by atoms with van der Waals surface area (Å²) in [5.41, 5.74) is 0.568. The lowest BCUT2D eigenvalue weighted by molar-refractivity contribution is -0.142. The molecule has 1 aliphatic heterocycles. The summed E-state index contributed by atoms with van der Waals surface area (Å²) in [4.78, 5) is 36.7. The van der Waals surface area contributed by atoms with Crippen LogP contribution in [0.4, 0.5) is 16.2 Å². The highest BCUT2D eigenvalue weighted by Crippen LogP contribution is 2.42. The third kappa shape index (κ3) is 5.74. The van der Waals surface area contributed by atoms with Crippen LogP contribution >= 0.6 is 11.6 Å². The second-order valence-electron chi connectivity index (χ2n) is 9.53. The standard InChI is InChI=1S/C30H29ClFN5O4/c1-3-24(39)36-11-13-37(14-12-36)29-22-17-23(31)26(21-16-19(38)15-18-7-5-6-8-20(18)21)27(32)28(22)34-30(35-29)33-10-9-25(40)41-4-2/h3,5-8,15-17,38H,1,4,9-14H2,2H3,(H,33,34,35). The van der Waals surface area contributed by atoms with Gasteiger partial charge >= 0.3 is 5.97 Å². The number of carbonyl (C=O) groups excluding carboxylic acids is 2. The molecule has 2 N–H and O–H groups in total. The molecule has 1 aromatic heterocycles. The van der Waals surface area contributed by atoms with Crippen molar-refractivity contribution in [3.8, 4) is 16.9 Å². The topological polar surface area (TPSA) is 108 Å². The number of ether oxygens (including phenoxy) is 1. The third-order valence-electron chi connectivity index (χ3n) is 6.96. The lowest BCUT2D eigenvalue weighted by atomic mass is 9.96. The summed E-state index contributed by atoms with van der Waals surface area (Å²) >= 11 is 6.75. The molecule has 1 amide bonds. The van der Waals surface area contributed by atoms with Gasteiger partial charge in [0.05, 0.1) is 18.1 Å². The molecule has 0 aliphatic carbocycles. The largest absolute Gasteiger partial charge is 0.508 e. The molecule has 0 radical (unpaired) electrons. The zero-order valence-electron chi connectivity index (χ0n) is 22.5. The molecular formula is C30H29ClFN5O4. The number of hydrogen-bond acceptors (Lipinski definition) is 8. The molecule has 0 bridgehead atoms. The van der Waals surface area contributed by atoms with Crippen LogP contribution in [0.5, 0.6) is 5.75 Å². The first-order valence-electron chi connectivity index (χ1n) is 13.3. The highest BCUT2D eigenvalue weighted by atomic mass is 35.5. The number of phenolic OH excluding ortho intramolecular Hbond substituents is 1. The quantitative estimate of drug-likeness (QED) is 0.219. The van der Waals surface area contributed by atoms with E-state index in [2.05, 4.69) is 21.9 Å². The van der Waals surface area contributed by atoms with Crippen LogP contribution in [0.3, 0.4) is 0 Å². The fourth-order valence-corrected chi connectivity index (χ4v) is 5.32. The van der Waals surface area contributed by atoms with Gasteiger partial charge in [-0.05, 0) is 47.5 Å². The van der Waals surface area contributed by atoms with E-state index in [-0.39, 0.29) is 59.2 Å². The van der Waals surface area contributed by atoms with E-state index in [1.165, 1.54) is 12.1 Å². The zero-order chi connectivity index (χ0) is 29.1. The van der Waals surface area contributed by atoms with E-state index in [0.29, 0.717) is 42.9 Å². The second kappa shape index (κ2) is 12.0. The van der Waals surface area contributed by atoms with Gasteiger partial charge in [-0.25, -0.2) is 9.37 Å². The number of piperazine rings is 1. The number of nitrogens with one attached hydrogen (secondary N) is 1. The molecule has 0 unspecified atom stereocenters. The number of esters is 1. The average molecular weight is 578 g/mol. The first kappa shape index (κ1) is 28.1. The van der Waals surface area contributed by atoms with Crippen LogP contribution in [0.1, 0.15) is 13.3 Å². The molecule has 11 heteroatoms. The minimum absolute atomic E-state index is 0.0223. The molecule has 1 saturated heterocycles. The first-order chi connectivity index (χ1) is 19.8. The van der Waals surface area contributed by atoms with Crippen LogP contribution in [0.2, 0.25) is 5.02 Å². The Labute approximate surface area is 241 Å². The number of phenols is 1. The lowest BCUT2D eigenvalue weighted by Gasteiger charge is -2.35. The summed E-state index contributed by atoms with van der Waals surface area (Å²) in [5.74, 6) is -0.635. The second-order valence-corrected chi connectivity index (χ2v) is 9.93. The molecule has 41 heavy (non-hydrogen) atoms. The van der Waals surface area contributed by atoms with Crippen molar-refractivity contribution in [1.29, 1.82) is 0 Å². The number of hydrogen-bond donors (Lipinski definition) is 2. The van der Waals surface area contributed by atoms with E-state index in [1.54, 1.807) is 24.0 Å². The first-order valence-corrected chi connectivity index (χ1v) is 13.7. The van der Waals surface area contributed by atoms with Gasteiger partial charge in [-0.3, -0.25) is 9.59 Å². The van der Waals surface area contributed by atoms with Crippen LogP contribution in [0.15, 0.2) is 55.1 Å². The van der Waals surface area contributed by atoms with Crippen LogP contribution < -0.4 is 10.2 Å². The molecule has 1 aliphatic rings. The van der Waals surface area contributed by atoms with Gasteiger partial charge in [0, 0.05) is 43.7 Å². The monoisotopic (exact) mass is 577 g/mol. The number of benzene rings is 3. The van der Waals surface area contributed by atoms with Gasteiger partial charge in [0.25, 0.3) is 0 Å². The number of halogens is 2. The Morgan fingerprint density at radius 1 is 1.15 bits per heavy atom. The maximum Gasteiger partial charge on any atom is 0.307 e. The Morgan fingerprint density at radius 2 is 1.90 bits per heavy atom. The summed E-state index contributed by atoms with van der Waals surface area (Å²) in [6.07, 6.45) is 1.36. The van der Waals surface area contributed by atoms with Crippen molar-refractivity contribution in [1.82, 2.24) is 14.9 Å². The minimum Gasteiger partial charge on any atom is -0.508 e. The minimum atomic E-state index is -0.666. The lowest BCUT2D eigenvalue weighted by Crippen LogP contribution is -2.48. The van der Waals surface area contributed by atoms with E-state index in [1.807, 2.05) is 29.2 Å². The van der Waals surface area contributed by atoms with Crippen molar-refractivity contribution < 1.29 is 23.8 Å². The summed E-state index contributed by atoms with van der Waals surface area (Å²) in [7, 11) is 0. The fourth-order valence-electron chi connectivity index (χ4n) is 5.03. The molecule has 1 fully saturated rings. The highest BCUT2D eigenvalue weighted by molar-refractivity contribution is 6.35. The predicted octanol–water partition coefficient (Wildman–Crippen LogP) is 5.15. The number of aromatic nitrogens is 2. The van der Waals surface area contributed by atoms with Gasteiger partial charge < -0.3 is 25.0 Å². The van der Waals surface area contributed by atoms with Gasteiger partial charge in [0.15, 0.2) is 5.82 Å². The molecule has 2 heterocycles. The maximum atomic E-state index is 16.5. The highest BCUT2D eigenvalue weighted by Gasteiger charge is 2.26. The Bertz CT molecular complexity index is 1660. The third-order valence-corrected chi connectivity index (χ3v) is 7.26. The van der Waals surface area contributed by atoms with Gasteiger partial charge in [-0.15, -0.1) is 0 Å². The van der Waals surface area contributed by atoms with E-state index >= 15 is 4.39 Å². The summed E-state index contributed by atoms with van der Waals surface area (Å²) < 4.78 is 21.5. The molecular weight excluding hydrogens is 549 g/mol. The van der Waals surface area contributed by atoms with Crippen molar-refractivity contribution in [2.75, 3.05) is 49.5 Å². The van der Waals surface area contributed by atoms with Crippen molar-refractivity contribution in [2.45, 2.75) is 13.3 Å². The summed E-state index contributed by atoms with van der Waals surface area (Å²) in [6, 6.07) is 12.0. The van der Waals surface area contributed by atoms with E-state index in [0.717, 1.165) is 10.8 Å². The Kier molecular flexibility index (Phi) is 8.21. The van der Waals surface area contributed by atoms with Gasteiger partial charge in [0.1, 0.15) is 17.1 Å². The van der Waals surface area contributed by atoms with E-state index < -0.39 is 5.82 Å². The number of carbonyl (C=O) groups is 2. The van der Waals surface area contributed by atoms with Crippen LogP contribution in [0.25, 0.3) is 32.8 Å². The van der Waals surface area contributed by atoms with Crippen molar-refractivity contribution in [3.63, 3.8) is 0 Å². The average Bonchev–Trinajstić information content (AvgIpc) is 2.97. The zero-order valence-corrected chi connectivity index (χ0v) is 23.2. The Hall–Kier alpha value is -4.44. The Morgan fingerprint density at radius 3 is 2.63 bits per heavy atom. The number of fused-ring (bicyclic) bond motifs is 2. The molecule has 5 rings (SSSR count). The van der Waals surface area contributed by atoms with Crippen molar-refractivity contribution in [3.05, 3.63) is 66.0 Å². The molecule has 4 aromatic rings. The molecule has 3 aromatic carbocycles. The van der Waals surface area contributed by atoms with Gasteiger partial charge in [-0.2, -0.15) is 4.98 Å². The smallest absolute Gasteiger partial charge is 0.307 e. The van der Waals surface area contributed by atoms with Crippen LogP contribution in [-0.4, -0.2) is 71.2 Å². The number of rotatable bonds is 8. The van der Waals surface area contributed by atoms with E-state index in [4.69, 9.17) is 16.3 Å². The molecule has 0 spiro atoms.